The second-order valence-corrected chi connectivity index (χ2v) is 5.89. The summed E-state index contributed by atoms with van der Waals surface area (Å²) in [5.74, 6) is 0.479. The third-order valence-electron chi connectivity index (χ3n) is 4.04. The molecule has 2 N–H and O–H groups in total. The van der Waals surface area contributed by atoms with E-state index < -0.39 is 0 Å². The second-order valence-electron chi connectivity index (χ2n) is 5.89. The molecule has 25 heavy (non-hydrogen) atoms. The molecular weight excluding hydrogens is 312 g/mol. The normalized spacial score (nSPS) is 10.4. The Kier molecular flexibility index (Phi) is 5.09. The van der Waals surface area contributed by atoms with Gasteiger partial charge in [0.1, 0.15) is 5.75 Å². The van der Waals surface area contributed by atoms with E-state index in [2.05, 4.69) is 5.32 Å². The molecule has 0 aromatic heterocycles. The number of amides is 1. The van der Waals surface area contributed by atoms with Crippen LogP contribution >= 0.6 is 0 Å². The molecule has 0 radical (unpaired) electrons. The summed E-state index contributed by atoms with van der Waals surface area (Å²) in [5, 5.41) is 12.2. The van der Waals surface area contributed by atoms with Crippen LogP contribution in [0.1, 0.15) is 16.7 Å². The van der Waals surface area contributed by atoms with Gasteiger partial charge in [0.05, 0.1) is 0 Å². The largest absolute Gasteiger partial charge is 0.483 e. The number of nitrogens with one attached hydrogen (secondary N) is 2. The molecule has 0 fully saturated rings. The van der Waals surface area contributed by atoms with Crippen molar-refractivity contribution in [3.8, 4) is 5.75 Å². The van der Waals surface area contributed by atoms with Gasteiger partial charge in [0.25, 0.3) is 5.91 Å². The maximum Gasteiger partial charge on any atom is 0.258 e. The Hall–Kier alpha value is -3.14. The molecule has 0 spiro atoms. The van der Waals surface area contributed by atoms with Crippen LogP contribution < -0.4 is 10.1 Å². The summed E-state index contributed by atoms with van der Waals surface area (Å²) in [4.78, 5) is 12.0. The molecule has 0 atom stereocenters. The summed E-state index contributed by atoms with van der Waals surface area (Å²) < 4.78 is 5.70. The van der Waals surface area contributed by atoms with Gasteiger partial charge in [-0.05, 0) is 30.0 Å². The summed E-state index contributed by atoms with van der Waals surface area (Å²) in [7, 11) is 0. The Balaban J connectivity index is 1.63. The minimum Gasteiger partial charge on any atom is -0.483 e. The third-order valence-corrected chi connectivity index (χ3v) is 4.04. The topological polar surface area (TPSA) is 62.2 Å². The third kappa shape index (κ3) is 4.04. The van der Waals surface area contributed by atoms with E-state index >= 15 is 0 Å². The Morgan fingerprint density at radius 2 is 1.76 bits per heavy atom. The Morgan fingerprint density at radius 1 is 1.04 bits per heavy atom. The first-order valence-electron chi connectivity index (χ1n) is 8.14. The minimum atomic E-state index is -0.166. The number of carbonyl (C=O) groups is 1. The van der Waals surface area contributed by atoms with Crippen LogP contribution in [0, 0.1) is 12.3 Å². The monoisotopic (exact) mass is 332 g/mol. The lowest BCUT2D eigenvalue weighted by Crippen LogP contribution is -2.28. The number of rotatable bonds is 6. The van der Waals surface area contributed by atoms with E-state index in [1.807, 2.05) is 61.5 Å². The number of aryl methyl sites for hydroxylation is 1. The standard InChI is InChI=1S/C21H20N2O2/c1-15-6-8-16(9-7-15)13-23-21(24)14-25-20-11-10-17(12-22)18-4-2-3-5-19(18)20/h2-12,22H,13-14H2,1H3,(H,23,24). The van der Waals surface area contributed by atoms with Gasteiger partial charge in [-0.15, -0.1) is 0 Å². The van der Waals surface area contributed by atoms with E-state index in [1.54, 1.807) is 6.07 Å². The lowest BCUT2D eigenvalue weighted by atomic mass is 10.0. The average molecular weight is 332 g/mol. The zero-order valence-corrected chi connectivity index (χ0v) is 14.1. The van der Waals surface area contributed by atoms with Crippen LogP contribution in [0.15, 0.2) is 60.7 Å². The highest BCUT2D eigenvalue weighted by Gasteiger charge is 2.08. The molecule has 0 saturated heterocycles. The van der Waals surface area contributed by atoms with Crippen LogP contribution in [0.4, 0.5) is 0 Å². The summed E-state index contributed by atoms with van der Waals surface area (Å²) in [6.07, 6.45) is 1.32. The van der Waals surface area contributed by atoms with Gasteiger partial charge >= 0.3 is 0 Å². The fourth-order valence-corrected chi connectivity index (χ4v) is 2.65. The smallest absolute Gasteiger partial charge is 0.258 e. The first kappa shape index (κ1) is 16.7. The summed E-state index contributed by atoms with van der Waals surface area (Å²) in [6.45, 7) is 2.47. The van der Waals surface area contributed by atoms with E-state index in [-0.39, 0.29) is 12.5 Å². The van der Waals surface area contributed by atoms with Gasteiger partial charge in [0.2, 0.25) is 0 Å². The van der Waals surface area contributed by atoms with Crippen molar-refractivity contribution in [1.82, 2.24) is 5.32 Å². The molecule has 126 valence electrons. The van der Waals surface area contributed by atoms with Crippen molar-refractivity contribution >= 4 is 22.9 Å². The molecule has 4 heteroatoms. The molecule has 4 nitrogen and oxygen atoms in total. The van der Waals surface area contributed by atoms with Crippen LogP contribution in [-0.2, 0) is 11.3 Å². The van der Waals surface area contributed by atoms with E-state index in [9.17, 15) is 4.79 Å². The molecule has 3 aromatic carbocycles. The first-order valence-corrected chi connectivity index (χ1v) is 8.14. The Labute approximate surface area is 147 Å². The molecule has 0 aliphatic rings. The SMILES string of the molecule is Cc1ccc(CNC(=O)COc2ccc(C=N)c3ccccc23)cc1. The van der Waals surface area contributed by atoms with Gasteiger partial charge < -0.3 is 15.5 Å². The van der Waals surface area contributed by atoms with E-state index in [4.69, 9.17) is 10.1 Å². The van der Waals surface area contributed by atoms with Gasteiger partial charge in [-0.25, -0.2) is 0 Å². The Bertz CT molecular complexity index is 901. The van der Waals surface area contributed by atoms with Crippen molar-refractivity contribution in [3.05, 3.63) is 77.4 Å². The molecular formula is C21H20N2O2. The van der Waals surface area contributed by atoms with Crippen LogP contribution in [0.5, 0.6) is 5.75 Å². The van der Waals surface area contributed by atoms with Gasteiger partial charge in [-0.3, -0.25) is 4.79 Å². The highest BCUT2D eigenvalue weighted by atomic mass is 16.5. The highest BCUT2D eigenvalue weighted by molar-refractivity contribution is 6.01. The number of benzene rings is 3. The lowest BCUT2D eigenvalue weighted by Gasteiger charge is -2.11. The molecule has 1 amide bonds. The van der Waals surface area contributed by atoms with Gasteiger partial charge in [-0.1, -0.05) is 54.1 Å². The molecule has 0 aliphatic carbocycles. The fourth-order valence-electron chi connectivity index (χ4n) is 2.65. The predicted octanol–water partition coefficient (Wildman–Crippen LogP) is 3.84. The minimum absolute atomic E-state index is 0.0419. The van der Waals surface area contributed by atoms with Crippen LogP contribution in [0.25, 0.3) is 10.8 Å². The van der Waals surface area contributed by atoms with Gasteiger partial charge in [-0.2, -0.15) is 0 Å². The fraction of sp³-hybridized carbons (Fsp3) is 0.143. The van der Waals surface area contributed by atoms with Crippen LogP contribution in [0.3, 0.4) is 0 Å². The number of carbonyl (C=O) groups excluding carboxylic acids is 1. The number of hydrogen-bond acceptors (Lipinski definition) is 3. The van der Waals surface area contributed by atoms with Crippen molar-refractivity contribution in [3.63, 3.8) is 0 Å². The molecule has 0 unspecified atom stereocenters. The lowest BCUT2D eigenvalue weighted by molar-refractivity contribution is -0.123. The van der Waals surface area contributed by atoms with Crippen molar-refractivity contribution < 1.29 is 9.53 Å². The van der Waals surface area contributed by atoms with E-state index in [1.165, 1.54) is 11.8 Å². The molecule has 3 aromatic rings. The van der Waals surface area contributed by atoms with Crippen molar-refractivity contribution in [2.45, 2.75) is 13.5 Å². The zero-order chi connectivity index (χ0) is 17.6. The molecule has 0 aliphatic heterocycles. The molecule has 0 saturated carbocycles. The van der Waals surface area contributed by atoms with Crippen molar-refractivity contribution in [2.75, 3.05) is 6.61 Å². The van der Waals surface area contributed by atoms with Crippen LogP contribution in [0.2, 0.25) is 0 Å². The van der Waals surface area contributed by atoms with E-state index in [0.717, 1.165) is 21.9 Å². The maximum absolute atomic E-state index is 12.0. The van der Waals surface area contributed by atoms with Gasteiger partial charge in [0.15, 0.2) is 6.61 Å². The van der Waals surface area contributed by atoms with E-state index in [0.29, 0.717) is 12.3 Å². The maximum atomic E-state index is 12.0. The highest BCUT2D eigenvalue weighted by Crippen LogP contribution is 2.27. The predicted molar refractivity (Wildman–Crippen MR) is 100 cm³/mol. The molecule has 3 rings (SSSR count). The number of ether oxygens (including phenoxy) is 1. The number of hydrogen-bond donors (Lipinski definition) is 2. The summed E-state index contributed by atoms with van der Waals surface area (Å²) in [5.41, 5.74) is 3.07. The Morgan fingerprint density at radius 3 is 2.48 bits per heavy atom. The summed E-state index contributed by atoms with van der Waals surface area (Å²) in [6, 6.07) is 19.4. The van der Waals surface area contributed by atoms with Crippen LogP contribution in [-0.4, -0.2) is 18.7 Å². The zero-order valence-electron chi connectivity index (χ0n) is 14.1. The quantitative estimate of drug-likeness (QED) is 0.674. The van der Waals surface area contributed by atoms with Crippen molar-refractivity contribution in [1.29, 1.82) is 5.41 Å². The van der Waals surface area contributed by atoms with Gasteiger partial charge in [0, 0.05) is 23.7 Å². The number of fused-ring (bicyclic) bond motifs is 1. The first-order chi connectivity index (χ1) is 12.2. The second kappa shape index (κ2) is 7.62. The average Bonchev–Trinajstić information content (AvgIpc) is 2.65. The summed E-state index contributed by atoms with van der Waals surface area (Å²) >= 11 is 0. The molecule has 0 bridgehead atoms. The molecule has 0 heterocycles. The van der Waals surface area contributed by atoms with Crippen molar-refractivity contribution in [2.24, 2.45) is 0 Å².